The molecule has 2 aromatic rings. The van der Waals surface area contributed by atoms with E-state index in [2.05, 4.69) is 5.10 Å². The molecule has 2 saturated heterocycles. The van der Waals surface area contributed by atoms with Crippen LogP contribution < -0.4 is 4.90 Å². The Morgan fingerprint density at radius 1 is 1.31 bits per heavy atom. The van der Waals surface area contributed by atoms with Gasteiger partial charge in [0.25, 0.3) is 5.91 Å². The number of ether oxygens (including phenoxy) is 1. The van der Waals surface area contributed by atoms with Crippen LogP contribution in [0.4, 0.5) is 10.5 Å². The molecule has 3 amide bonds. The minimum absolute atomic E-state index is 0.0291. The van der Waals surface area contributed by atoms with Gasteiger partial charge in [-0.1, -0.05) is 0 Å². The standard InChI is InChI=1S/C18H22N4O4/c1-12-11-26-13(2)16(12)9-21-7-14(6-19-21)22-17(23)10-20(18(22)24)8-15-4-3-5-25-15/h6-7,11,15H,3-5,8-10H2,1-2H3. The van der Waals surface area contributed by atoms with Crippen LogP contribution in [0.25, 0.3) is 0 Å². The van der Waals surface area contributed by atoms with Gasteiger partial charge in [-0.05, 0) is 32.3 Å². The van der Waals surface area contributed by atoms with Gasteiger partial charge in [-0.15, -0.1) is 0 Å². The van der Waals surface area contributed by atoms with Crippen molar-refractivity contribution >= 4 is 17.6 Å². The largest absolute Gasteiger partial charge is 0.469 e. The van der Waals surface area contributed by atoms with E-state index in [-0.39, 0.29) is 24.6 Å². The molecule has 0 spiro atoms. The molecule has 2 aliphatic rings. The zero-order valence-electron chi connectivity index (χ0n) is 15.0. The first-order valence-electron chi connectivity index (χ1n) is 8.82. The summed E-state index contributed by atoms with van der Waals surface area (Å²) in [6.07, 6.45) is 6.95. The molecule has 0 radical (unpaired) electrons. The number of furan rings is 1. The lowest BCUT2D eigenvalue weighted by Crippen LogP contribution is -2.36. The van der Waals surface area contributed by atoms with Crippen LogP contribution in [0.5, 0.6) is 0 Å². The van der Waals surface area contributed by atoms with E-state index in [1.807, 2.05) is 13.8 Å². The molecule has 2 fully saturated rings. The minimum atomic E-state index is -0.305. The van der Waals surface area contributed by atoms with E-state index in [0.717, 1.165) is 36.3 Å². The first-order chi connectivity index (χ1) is 12.5. The highest BCUT2D eigenvalue weighted by Gasteiger charge is 2.39. The molecule has 0 saturated carbocycles. The summed E-state index contributed by atoms with van der Waals surface area (Å²) in [6, 6.07) is -0.305. The fraction of sp³-hybridized carbons (Fsp3) is 0.500. The Balaban J connectivity index is 1.48. The zero-order valence-corrected chi connectivity index (χ0v) is 15.0. The number of hydrogen-bond acceptors (Lipinski definition) is 5. The summed E-state index contributed by atoms with van der Waals surface area (Å²) in [6.45, 7) is 5.69. The maximum atomic E-state index is 12.7. The third-order valence-electron chi connectivity index (χ3n) is 5.00. The van der Waals surface area contributed by atoms with E-state index in [4.69, 9.17) is 9.15 Å². The number of aryl methyl sites for hydroxylation is 2. The number of aromatic nitrogens is 2. The molecule has 8 nitrogen and oxygen atoms in total. The molecule has 1 atom stereocenters. The molecule has 0 aliphatic carbocycles. The monoisotopic (exact) mass is 358 g/mol. The van der Waals surface area contributed by atoms with E-state index in [0.29, 0.717) is 18.8 Å². The van der Waals surface area contributed by atoms with Crippen molar-refractivity contribution in [1.82, 2.24) is 14.7 Å². The van der Waals surface area contributed by atoms with Crippen LogP contribution in [-0.2, 0) is 16.1 Å². The molecule has 8 heteroatoms. The van der Waals surface area contributed by atoms with Gasteiger partial charge >= 0.3 is 6.03 Å². The highest BCUT2D eigenvalue weighted by molar-refractivity contribution is 6.19. The SMILES string of the molecule is Cc1coc(C)c1Cn1cc(N2C(=O)CN(CC3CCCO3)C2=O)cn1. The molecule has 138 valence electrons. The van der Waals surface area contributed by atoms with Gasteiger partial charge in [-0.25, -0.2) is 9.69 Å². The van der Waals surface area contributed by atoms with Gasteiger partial charge in [0.2, 0.25) is 0 Å². The Bertz CT molecular complexity index is 815. The summed E-state index contributed by atoms with van der Waals surface area (Å²) < 4.78 is 12.7. The fourth-order valence-electron chi connectivity index (χ4n) is 3.53. The lowest BCUT2D eigenvalue weighted by Gasteiger charge is -2.19. The molecule has 0 aromatic carbocycles. The first-order valence-corrected chi connectivity index (χ1v) is 8.82. The van der Waals surface area contributed by atoms with Crippen LogP contribution in [0.1, 0.15) is 29.7 Å². The highest BCUT2D eigenvalue weighted by atomic mass is 16.5. The third-order valence-corrected chi connectivity index (χ3v) is 5.00. The van der Waals surface area contributed by atoms with Crippen molar-refractivity contribution in [2.45, 2.75) is 39.3 Å². The third kappa shape index (κ3) is 3.01. The Morgan fingerprint density at radius 2 is 2.15 bits per heavy atom. The van der Waals surface area contributed by atoms with Crippen LogP contribution in [0.15, 0.2) is 23.1 Å². The van der Waals surface area contributed by atoms with Crippen molar-refractivity contribution in [3.05, 3.63) is 35.5 Å². The van der Waals surface area contributed by atoms with Crippen molar-refractivity contribution in [1.29, 1.82) is 0 Å². The number of amides is 3. The fourth-order valence-corrected chi connectivity index (χ4v) is 3.53. The molecule has 26 heavy (non-hydrogen) atoms. The van der Waals surface area contributed by atoms with E-state index in [9.17, 15) is 9.59 Å². The van der Waals surface area contributed by atoms with Gasteiger partial charge in [0.05, 0.1) is 30.8 Å². The number of anilines is 1. The predicted octanol–water partition coefficient (Wildman–Crippen LogP) is 2.09. The molecule has 4 rings (SSSR count). The minimum Gasteiger partial charge on any atom is -0.469 e. The average Bonchev–Trinajstić information content (AvgIpc) is 3.37. The van der Waals surface area contributed by atoms with Crippen LogP contribution in [0.3, 0.4) is 0 Å². The van der Waals surface area contributed by atoms with Crippen molar-refractivity contribution < 1.29 is 18.7 Å². The maximum Gasteiger partial charge on any atom is 0.332 e. The highest BCUT2D eigenvalue weighted by Crippen LogP contribution is 2.24. The van der Waals surface area contributed by atoms with Crippen LogP contribution in [0.2, 0.25) is 0 Å². The summed E-state index contributed by atoms with van der Waals surface area (Å²) in [7, 11) is 0. The second-order valence-corrected chi connectivity index (χ2v) is 6.88. The number of rotatable bonds is 5. The normalized spacial score (nSPS) is 20.6. The summed E-state index contributed by atoms with van der Waals surface area (Å²) >= 11 is 0. The number of carbonyl (C=O) groups excluding carboxylic acids is 2. The number of carbonyl (C=O) groups is 2. The maximum absolute atomic E-state index is 12.7. The van der Waals surface area contributed by atoms with Crippen molar-refractivity contribution in [3.63, 3.8) is 0 Å². The molecular formula is C18H22N4O4. The lowest BCUT2D eigenvalue weighted by molar-refractivity contribution is -0.116. The second-order valence-electron chi connectivity index (χ2n) is 6.88. The number of nitrogens with zero attached hydrogens (tertiary/aromatic N) is 4. The van der Waals surface area contributed by atoms with E-state index in [1.165, 1.54) is 4.90 Å². The molecule has 2 aromatic heterocycles. The van der Waals surface area contributed by atoms with Gasteiger partial charge in [-0.2, -0.15) is 5.10 Å². The Kier molecular flexibility index (Phi) is 4.28. The van der Waals surface area contributed by atoms with Gasteiger partial charge < -0.3 is 14.1 Å². The van der Waals surface area contributed by atoms with Gasteiger partial charge in [-0.3, -0.25) is 9.48 Å². The first kappa shape index (κ1) is 16.8. The Labute approximate surface area is 151 Å². The second kappa shape index (κ2) is 6.60. The molecule has 2 aliphatic heterocycles. The summed E-state index contributed by atoms with van der Waals surface area (Å²) in [5, 5.41) is 4.30. The Hall–Kier alpha value is -2.61. The van der Waals surface area contributed by atoms with E-state index in [1.54, 1.807) is 28.2 Å². The quantitative estimate of drug-likeness (QED) is 0.765. The topological polar surface area (TPSA) is 80.8 Å². The van der Waals surface area contributed by atoms with Gasteiger partial charge in [0, 0.05) is 24.9 Å². The molecule has 4 heterocycles. The summed E-state index contributed by atoms with van der Waals surface area (Å²) in [4.78, 5) is 27.8. The van der Waals surface area contributed by atoms with Crippen molar-refractivity contribution in [2.75, 3.05) is 24.6 Å². The average molecular weight is 358 g/mol. The molecule has 1 unspecified atom stereocenters. The van der Waals surface area contributed by atoms with Crippen molar-refractivity contribution in [3.8, 4) is 0 Å². The van der Waals surface area contributed by atoms with Crippen molar-refractivity contribution in [2.24, 2.45) is 0 Å². The van der Waals surface area contributed by atoms with E-state index >= 15 is 0 Å². The number of urea groups is 1. The molecular weight excluding hydrogens is 336 g/mol. The summed E-state index contributed by atoms with van der Waals surface area (Å²) in [5.41, 5.74) is 2.60. The lowest BCUT2D eigenvalue weighted by atomic mass is 10.2. The molecule has 0 bridgehead atoms. The van der Waals surface area contributed by atoms with Crippen LogP contribution in [0, 0.1) is 13.8 Å². The van der Waals surface area contributed by atoms with Crippen LogP contribution >= 0.6 is 0 Å². The van der Waals surface area contributed by atoms with Gasteiger partial charge in [0.1, 0.15) is 12.3 Å². The molecule has 0 N–H and O–H groups in total. The zero-order chi connectivity index (χ0) is 18.3. The number of imide groups is 1. The smallest absolute Gasteiger partial charge is 0.332 e. The van der Waals surface area contributed by atoms with E-state index < -0.39 is 0 Å². The predicted molar refractivity (Wildman–Crippen MR) is 92.9 cm³/mol. The van der Waals surface area contributed by atoms with Gasteiger partial charge in [0.15, 0.2) is 0 Å². The summed E-state index contributed by atoms with van der Waals surface area (Å²) in [5.74, 6) is 0.610. The Morgan fingerprint density at radius 3 is 2.85 bits per heavy atom. The van der Waals surface area contributed by atoms with Crippen LogP contribution in [-0.4, -0.2) is 52.4 Å². The number of hydrogen-bond donors (Lipinski definition) is 0.